The van der Waals surface area contributed by atoms with Crippen molar-refractivity contribution in [3.8, 4) is 0 Å². The van der Waals surface area contributed by atoms with Gasteiger partial charge in [-0.1, -0.05) is 34.1 Å². The van der Waals surface area contributed by atoms with Crippen LogP contribution in [0.3, 0.4) is 0 Å². The van der Waals surface area contributed by atoms with Crippen molar-refractivity contribution >= 4 is 15.9 Å². The van der Waals surface area contributed by atoms with Crippen LogP contribution in [0.5, 0.6) is 0 Å². The summed E-state index contributed by atoms with van der Waals surface area (Å²) in [4.78, 5) is 7.02. The fourth-order valence-corrected chi connectivity index (χ4v) is 3.14. The minimum absolute atomic E-state index is 0.329. The van der Waals surface area contributed by atoms with E-state index >= 15 is 0 Å². The summed E-state index contributed by atoms with van der Waals surface area (Å²) in [7, 11) is 2.06. The van der Waals surface area contributed by atoms with Gasteiger partial charge in [-0.15, -0.1) is 0 Å². The maximum Gasteiger partial charge on any atom is 0.127 e. The highest BCUT2D eigenvalue weighted by Gasteiger charge is 2.26. The van der Waals surface area contributed by atoms with E-state index in [9.17, 15) is 0 Å². The molecule has 106 valence electrons. The van der Waals surface area contributed by atoms with Crippen molar-refractivity contribution in [1.29, 1.82) is 0 Å². The first-order valence-corrected chi connectivity index (χ1v) is 7.70. The molecule has 0 amide bonds. The smallest absolute Gasteiger partial charge is 0.127 e. The summed E-state index contributed by atoms with van der Waals surface area (Å²) in [5.41, 5.74) is 1.33. The lowest BCUT2D eigenvalue weighted by Crippen LogP contribution is -2.46. The number of imidazole rings is 1. The van der Waals surface area contributed by atoms with Gasteiger partial charge in [-0.3, -0.25) is 4.90 Å². The zero-order valence-electron chi connectivity index (χ0n) is 11.6. The lowest BCUT2D eigenvalue weighted by molar-refractivity contribution is 0.144. The van der Waals surface area contributed by atoms with Crippen LogP contribution in [0.25, 0.3) is 0 Å². The first kappa shape index (κ1) is 13.8. The Morgan fingerprint density at radius 2 is 2.25 bits per heavy atom. The standard InChI is InChI=1S/C15H19BrN4/c1-19-8-7-18-15(19)14-10-17-6-9-20(14)11-12-4-2-3-5-13(12)16/h2-5,7-8,14,17H,6,9-11H2,1H3. The van der Waals surface area contributed by atoms with E-state index in [1.165, 1.54) is 10.0 Å². The molecule has 1 aliphatic heterocycles. The topological polar surface area (TPSA) is 33.1 Å². The molecule has 1 aromatic carbocycles. The minimum atomic E-state index is 0.329. The molecule has 1 atom stereocenters. The van der Waals surface area contributed by atoms with Gasteiger partial charge >= 0.3 is 0 Å². The van der Waals surface area contributed by atoms with E-state index < -0.39 is 0 Å². The van der Waals surface area contributed by atoms with Crippen molar-refractivity contribution in [2.45, 2.75) is 12.6 Å². The van der Waals surface area contributed by atoms with Crippen molar-refractivity contribution < 1.29 is 0 Å². The van der Waals surface area contributed by atoms with Gasteiger partial charge in [0.05, 0.1) is 6.04 Å². The highest BCUT2D eigenvalue weighted by Crippen LogP contribution is 2.25. The zero-order chi connectivity index (χ0) is 13.9. The average molecular weight is 335 g/mol. The number of aryl methyl sites for hydroxylation is 1. The van der Waals surface area contributed by atoms with Crippen LogP contribution in [0.2, 0.25) is 0 Å². The first-order valence-electron chi connectivity index (χ1n) is 6.91. The van der Waals surface area contributed by atoms with Crippen LogP contribution >= 0.6 is 15.9 Å². The molecule has 4 nitrogen and oxygen atoms in total. The monoisotopic (exact) mass is 334 g/mol. The average Bonchev–Trinajstić information content (AvgIpc) is 2.88. The number of benzene rings is 1. The molecule has 5 heteroatoms. The number of hydrogen-bond donors (Lipinski definition) is 1. The van der Waals surface area contributed by atoms with E-state index in [4.69, 9.17) is 0 Å². The van der Waals surface area contributed by atoms with Gasteiger partial charge in [0.25, 0.3) is 0 Å². The Bertz CT molecular complexity index is 581. The Hall–Kier alpha value is -1.17. The summed E-state index contributed by atoms with van der Waals surface area (Å²) < 4.78 is 3.29. The molecular formula is C15H19BrN4. The van der Waals surface area contributed by atoms with Crippen molar-refractivity contribution in [3.63, 3.8) is 0 Å². The SMILES string of the molecule is Cn1ccnc1C1CNCCN1Cc1ccccc1Br. The van der Waals surface area contributed by atoms with Gasteiger partial charge in [0, 0.05) is 50.1 Å². The molecule has 0 radical (unpaired) electrons. The fraction of sp³-hybridized carbons (Fsp3) is 0.400. The highest BCUT2D eigenvalue weighted by molar-refractivity contribution is 9.10. The molecule has 1 fully saturated rings. The van der Waals surface area contributed by atoms with Crippen molar-refractivity contribution in [2.24, 2.45) is 7.05 Å². The molecule has 20 heavy (non-hydrogen) atoms. The quantitative estimate of drug-likeness (QED) is 0.935. The summed E-state index contributed by atoms with van der Waals surface area (Å²) in [6.45, 7) is 3.97. The molecule has 1 saturated heterocycles. The second-order valence-corrected chi connectivity index (χ2v) is 6.03. The summed E-state index contributed by atoms with van der Waals surface area (Å²) in [6.07, 6.45) is 3.89. The van der Waals surface area contributed by atoms with E-state index in [0.29, 0.717) is 6.04 Å². The van der Waals surface area contributed by atoms with Gasteiger partial charge in [-0.05, 0) is 11.6 Å². The highest BCUT2D eigenvalue weighted by atomic mass is 79.9. The molecule has 1 N–H and O–H groups in total. The molecule has 0 bridgehead atoms. The number of nitrogens with zero attached hydrogens (tertiary/aromatic N) is 3. The Balaban J connectivity index is 1.83. The van der Waals surface area contributed by atoms with Crippen LogP contribution in [0.15, 0.2) is 41.1 Å². The lowest BCUT2D eigenvalue weighted by atomic mass is 10.1. The summed E-state index contributed by atoms with van der Waals surface area (Å²) in [5, 5.41) is 3.47. The van der Waals surface area contributed by atoms with Gasteiger partial charge in [-0.25, -0.2) is 4.98 Å². The van der Waals surface area contributed by atoms with E-state index in [1.807, 2.05) is 12.4 Å². The van der Waals surface area contributed by atoms with Gasteiger partial charge in [0.1, 0.15) is 5.82 Å². The van der Waals surface area contributed by atoms with Gasteiger partial charge < -0.3 is 9.88 Å². The second-order valence-electron chi connectivity index (χ2n) is 5.18. The molecule has 3 rings (SSSR count). The van der Waals surface area contributed by atoms with Crippen LogP contribution in [0.1, 0.15) is 17.4 Å². The fourth-order valence-electron chi connectivity index (χ4n) is 2.73. The van der Waals surface area contributed by atoms with Crippen molar-refractivity contribution in [3.05, 3.63) is 52.5 Å². The zero-order valence-corrected chi connectivity index (χ0v) is 13.2. The molecule has 0 saturated carbocycles. The maximum absolute atomic E-state index is 4.52. The summed E-state index contributed by atoms with van der Waals surface area (Å²) in [5.74, 6) is 1.13. The molecular weight excluding hydrogens is 316 g/mol. The third-order valence-corrected chi connectivity index (χ3v) is 4.62. The third kappa shape index (κ3) is 2.80. The van der Waals surface area contributed by atoms with E-state index in [1.54, 1.807) is 0 Å². The third-order valence-electron chi connectivity index (χ3n) is 3.84. The Morgan fingerprint density at radius 1 is 1.40 bits per heavy atom. The molecule has 1 aliphatic rings. The van der Waals surface area contributed by atoms with E-state index in [2.05, 4.69) is 67.0 Å². The van der Waals surface area contributed by atoms with Crippen LogP contribution in [0.4, 0.5) is 0 Å². The van der Waals surface area contributed by atoms with Gasteiger partial charge in [0.2, 0.25) is 0 Å². The lowest BCUT2D eigenvalue weighted by Gasteiger charge is -2.35. The predicted molar refractivity (Wildman–Crippen MR) is 83.4 cm³/mol. The molecule has 2 heterocycles. The van der Waals surface area contributed by atoms with Crippen LogP contribution in [0, 0.1) is 0 Å². The number of piperazine rings is 1. The normalized spacial score (nSPS) is 20.2. The van der Waals surface area contributed by atoms with Gasteiger partial charge in [-0.2, -0.15) is 0 Å². The van der Waals surface area contributed by atoms with Crippen LogP contribution in [-0.4, -0.2) is 34.1 Å². The molecule has 2 aromatic rings. The number of rotatable bonds is 3. The number of halogens is 1. The Labute approximate surface area is 127 Å². The summed E-state index contributed by atoms with van der Waals surface area (Å²) in [6, 6.07) is 8.77. The minimum Gasteiger partial charge on any atom is -0.337 e. The molecule has 0 spiro atoms. The number of nitrogens with one attached hydrogen (secondary N) is 1. The van der Waals surface area contributed by atoms with Gasteiger partial charge in [0.15, 0.2) is 0 Å². The first-order chi connectivity index (χ1) is 9.75. The summed E-state index contributed by atoms with van der Waals surface area (Å²) >= 11 is 3.64. The molecule has 1 aromatic heterocycles. The molecule has 1 unspecified atom stereocenters. The molecule has 0 aliphatic carbocycles. The van der Waals surface area contributed by atoms with Crippen LogP contribution in [-0.2, 0) is 13.6 Å². The largest absolute Gasteiger partial charge is 0.337 e. The van der Waals surface area contributed by atoms with Crippen LogP contribution < -0.4 is 5.32 Å². The second kappa shape index (κ2) is 6.08. The maximum atomic E-state index is 4.52. The Morgan fingerprint density at radius 3 is 3.00 bits per heavy atom. The van der Waals surface area contributed by atoms with Crippen molar-refractivity contribution in [2.75, 3.05) is 19.6 Å². The predicted octanol–water partition coefficient (Wildman–Crippen LogP) is 2.33. The van der Waals surface area contributed by atoms with Crippen molar-refractivity contribution in [1.82, 2.24) is 19.8 Å². The Kier molecular flexibility index (Phi) is 4.19. The van der Waals surface area contributed by atoms with E-state index in [-0.39, 0.29) is 0 Å². The van der Waals surface area contributed by atoms with E-state index in [0.717, 1.165) is 32.0 Å². The number of aromatic nitrogens is 2. The number of hydrogen-bond acceptors (Lipinski definition) is 3.